The van der Waals surface area contributed by atoms with Crippen molar-refractivity contribution in [2.75, 3.05) is 31.2 Å². The van der Waals surface area contributed by atoms with Crippen molar-refractivity contribution < 1.29 is 28.6 Å². The summed E-state index contributed by atoms with van der Waals surface area (Å²) >= 11 is 2.67. The van der Waals surface area contributed by atoms with E-state index in [1.165, 1.54) is 6.92 Å². The Labute approximate surface area is 173 Å². The van der Waals surface area contributed by atoms with Gasteiger partial charge in [-0.15, -0.1) is 0 Å². The third kappa shape index (κ3) is 7.03. The second kappa shape index (κ2) is 11.3. The first-order valence-corrected chi connectivity index (χ1v) is 11.2. The van der Waals surface area contributed by atoms with Crippen LogP contribution in [0, 0.1) is 5.92 Å². The fraction of sp³-hybridized carbons (Fsp3) is 0.526. The van der Waals surface area contributed by atoms with Gasteiger partial charge in [-0.3, -0.25) is 14.4 Å². The van der Waals surface area contributed by atoms with Crippen LogP contribution in [-0.4, -0.2) is 54.1 Å². The van der Waals surface area contributed by atoms with Gasteiger partial charge in [0.1, 0.15) is 12.6 Å². The molecule has 0 bridgehead atoms. The zero-order valence-corrected chi connectivity index (χ0v) is 17.6. The predicted molar refractivity (Wildman–Crippen MR) is 110 cm³/mol. The highest BCUT2D eigenvalue weighted by Gasteiger charge is 2.24. The van der Waals surface area contributed by atoms with Crippen molar-refractivity contribution in [1.82, 2.24) is 0 Å². The Morgan fingerprint density at radius 2 is 2.00 bits per heavy atom. The van der Waals surface area contributed by atoms with Crippen LogP contribution in [0.1, 0.15) is 18.9 Å². The van der Waals surface area contributed by atoms with Crippen LogP contribution in [0.25, 0.3) is 0 Å². The summed E-state index contributed by atoms with van der Waals surface area (Å²) in [7, 11) is 0. The molecule has 1 heterocycles. The van der Waals surface area contributed by atoms with E-state index in [1.807, 2.05) is 18.4 Å². The highest BCUT2D eigenvalue weighted by atomic mass is 32.2. The lowest BCUT2D eigenvalue weighted by Crippen LogP contribution is -2.35. The molecule has 1 unspecified atom stereocenters. The van der Waals surface area contributed by atoms with Crippen molar-refractivity contribution in [2.45, 2.75) is 25.8 Å². The molecular weight excluding hydrogens is 402 g/mol. The number of fused-ring (bicyclic) bond motifs is 1. The maximum absolute atomic E-state index is 12.6. The van der Waals surface area contributed by atoms with E-state index in [1.54, 1.807) is 17.8 Å². The van der Waals surface area contributed by atoms with E-state index in [0.29, 0.717) is 30.1 Å². The van der Waals surface area contributed by atoms with Crippen molar-refractivity contribution in [1.29, 1.82) is 0 Å². The molecule has 1 aliphatic heterocycles. The van der Waals surface area contributed by atoms with Gasteiger partial charge < -0.3 is 19.9 Å². The van der Waals surface area contributed by atoms with E-state index in [2.05, 4.69) is 0 Å². The van der Waals surface area contributed by atoms with Crippen LogP contribution in [0.5, 0.6) is 11.5 Å². The Morgan fingerprint density at radius 1 is 1.25 bits per heavy atom. The van der Waals surface area contributed by atoms with Gasteiger partial charge in [0.15, 0.2) is 22.4 Å². The number of thioether (sulfide) groups is 2. The van der Waals surface area contributed by atoms with E-state index in [9.17, 15) is 14.4 Å². The van der Waals surface area contributed by atoms with E-state index in [0.717, 1.165) is 23.1 Å². The highest BCUT2D eigenvalue weighted by molar-refractivity contribution is 8.13. The van der Waals surface area contributed by atoms with Crippen molar-refractivity contribution >= 4 is 40.4 Å². The molecule has 0 spiro atoms. The molecule has 0 saturated carbocycles. The number of hydrogen-bond donors (Lipinski definition) is 1. The molecular formula is C19H25NO6S2. The number of ketones is 1. The summed E-state index contributed by atoms with van der Waals surface area (Å²) in [6.45, 7) is 1.28. The summed E-state index contributed by atoms with van der Waals surface area (Å²) < 4.78 is 15.8. The Hall–Kier alpha value is -1.71. The van der Waals surface area contributed by atoms with E-state index >= 15 is 0 Å². The summed E-state index contributed by atoms with van der Waals surface area (Å²) in [6.07, 6.45) is 2.83. The fourth-order valence-corrected chi connectivity index (χ4v) is 3.80. The minimum absolute atomic E-state index is 0.0698. The molecule has 1 aliphatic rings. The van der Waals surface area contributed by atoms with Crippen LogP contribution < -0.4 is 15.2 Å². The molecule has 0 saturated heterocycles. The smallest absolute Gasteiger partial charge is 0.323 e. The molecule has 9 heteroatoms. The lowest BCUT2D eigenvalue weighted by Gasteiger charge is -2.16. The van der Waals surface area contributed by atoms with Crippen LogP contribution in [0.2, 0.25) is 0 Å². The van der Waals surface area contributed by atoms with E-state index in [-0.39, 0.29) is 24.3 Å². The summed E-state index contributed by atoms with van der Waals surface area (Å²) in [4.78, 5) is 35.9. The van der Waals surface area contributed by atoms with Crippen LogP contribution in [-0.2, 0) is 25.5 Å². The maximum Gasteiger partial charge on any atom is 0.323 e. The molecule has 154 valence electrons. The number of hydrogen-bond acceptors (Lipinski definition) is 9. The molecule has 2 N–H and O–H groups in total. The van der Waals surface area contributed by atoms with Gasteiger partial charge in [0.05, 0.1) is 0 Å². The van der Waals surface area contributed by atoms with Gasteiger partial charge >= 0.3 is 5.97 Å². The number of nitrogens with two attached hydrogens (primary N) is 1. The van der Waals surface area contributed by atoms with Gasteiger partial charge in [-0.2, -0.15) is 11.8 Å². The quantitative estimate of drug-likeness (QED) is 0.531. The standard InChI is InChI=1S/C19H25NO6S2/c1-12(21)28-10-14(7-13-3-4-17-18(8-13)26-11-25-17)16(22)9-24-19(23)15(20)5-6-27-2/h3-4,8,14-15H,5-7,9-11,20H2,1-2H3/t14?,15-/m0/s1. The Morgan fingerprint density at radius 3 is 2.71 bits per heavy atom. The number of ether oxygens (including phenoxy) is 3. The summed E-state index contributed by atoms with van der Waals surface area (Å²) in [5.41, 5.74) is 6.65. The maximum atomic E-state index is 12.6. The minimum Gasteiger partial charge on any atom is -0.457 e. The van der Waals surface area contributed by atoms with Crippen molar-refractivity contribution in [3.8, 4) is 11.5 Å². The average Bonchev–Trinajstić information content (AvgIpc) is 3.14. The molecule has 0 amide bonds. The summed E-state index contributed by atoms with van der Waals surface area (Å²) in [5, 5.41) is -0.0698. The largest absolute Gasteiger partial charge is 0.457 e. The molecule has 2 rings (SSSR count). The van der Waals surface area contributed by atoms with Crippen molar-refractivity contribution in [3.05, 3.63) is 23.8 Å². The SMILES string of the molecule is CSCC[C@H](N)C(=O)OCC(=O)C(CSC(C)=O)Cc1ccc2c(c1)OCO2. The number of carbonyl (C=O) groups is 3. The number of esters is 1. The first-order valence-electron chi connectivity index (χ1n) is 8.86. The number of rotatable bonds is 11. The Balaban J connectivity index is 1.96. The van der Waals surface area contributed by atoms with Gasteiger partial charge in [-0.05, 0) is 42.5 Å². The van der Waals surface area contributed by atoms with Crippen LogP contribution >= 0.6 is 23.5 Å². The topological polar surface area (TPSA) is 105 Å². The number of benzene rings is 1. The average molecular weight is 428 g/mol. The normalized spacial score (nSPS) is 14.4. The molecule has 0 aliphatic carbocycles. The third-order valence-corrected chi connectivity index (χ3v) is 5.77. The first kappa shape index (κ1) is 22.6. The third-order valence-electron chi connectivity index (χ3n) is 4.15. The zero-order chi connectivity index (χ0) is 20.5. The molecule has 1 aromatic carbocycles. The molecule has 7 nitrogen and oxygen atoms in total. The molecule has 0 radical (unpaired) electrons. The number of carbonyl (C=O) groups excluding carboxylic acids is 3. The minimum atomic E-state index is -0.737. The van der Waals surface area contributed by atoms with Gasteiger partial charge in [-0.25, -0.2) is 0 Å². The van der Waals surface area contributed by atoms with Gasteiger partial charge in [-0.1, -0.05) is 17.8 Å². The second-order valence-corrected chi connectivity index (χ2v) is 8.54. The lowest BCUT2D eigenvalue weighted by molar-refractivity contribution is -0.150. The molecule has 2 atom stereocenters. The van der Waals surface area contributed by atoms with Crippen LogP contribution in [0.3, 0.4) is 0 Å². The molecule has 28 heavy (non-hydrogen) atoms. The van der Waals surface area contributed by atoms with Crippen LogP contribution in [0.4, 0.5) is 0 Å². The monoisotopic (exact) mass is 427 g/mol. The van der Waals surface area contributed by atoms with Crippen LogP contribution in [0.15, 0.2) is 18.2 Å². The lowest BCUT2D eigenvalue weighted by atomic mass is 9.97. The zero-order valence-electron chi connectivity index (χ0n) is 16.0. The van der Waals surface area contributed by atoms with Gasteiger partial charge in [0, 0.05) is 18.6 Å². The Kier molecular flexibility index (Phi) is 9.14. The van der Waals surface area contributed by atoms with Gasteiger partial charge in [0.2, 0.25) is 6.79 Å². The first-order chi connectivity index (χ1) is 13.4. The Bertz CT molecular complexity index is 712. The number of Topliss-reactive ketones (excluding diaryl/α,β-unsaturated/α-hetero) is 1. The fourth-order valence-electron chi connectivity index (χ4n) is 2.57. The van der Waals surface area contributed by atoms with Crippen molar-refractivity contribution in [2.24, 2.45) is 11.7 Å². The second-order valence-electron chi connectivity index (χ2n) is 6.35. The summed E-state index contributed by atoms with van der Waals surface area (Å²) in [5.74, 6) is 1.07. The predicted octanol–water partition coefficient (Wildman–Crippen LogP) is 2.05. The molecule has 1 aromatic rings. The molecule has 0 fully saturated rings. The van der Waals surface area contributed by atoms with Crippen molar-refractivity contribution in [3.63, 3.8) is 0 Å². The summed E-state index contributed by atoms with van der Waals surface area (Å²) in [6, 6.07) is 4.74. The van der Waals surface area contributed by atoms with E-state index in [4.69, 9.17) is 19.9 Å². The molecule has 0 aromatic heterocycles. The van der Waals surface area contributed by atoms with Gasteiger partial charge in [0.25, 0.3) is 0 Å². The van der Waals surface area contributed by atoms with E-state index < -0.39 is 17.9 Å². The highest BCUT2D eigenvalue weighted by Crippen LogP contribution is 2.33.